The second-order valence-electron chi connectivity index (χ2n) is 7.88. The molecule has 1 N–H and O–H groups in total. The first-order chi connectivity index (χ1) is 11.2. The number of nitrogens with one attached hydrogen (secondary N) is 1. The maximum atomic E-state index is 4.56. The van der Waals surface area contributed by atoms with Crippen molar-refractivity contribution >= 4 is 29.9 Å². The van der Waals surface area contributed by atoms with E-state index in [4.69, 9.17) is 0 Å². The van der Waals surface area contributed by atoms with Gasteiger partial charge in [-0.15, -0.1) is 24.0 Å². The number of halogens is 1. The van der Waals surface area contributed by atoms with Crippen LogP contribution in [-0.4, -0.2) is 61.6 Å². The maximum Gasteiger partial charge on any atom is 0.193 e. The molecule has 2 saturated heterocycles. The quantitative estimate of drug-likeness (QED) is 0.384. The Labute approximate surface area is 165 Å². The van der Waals surface area contributed by atoms with Crippen molar-refractivity contribution in [2.45, 2.75) is 58.4 Å². The number of guanidine groups is 1. The molecule has 3 aliphatic rings. The average molecular weight is 448 g/mol. The lowest BCUT2D eigenvalue weighted by atomic mass is 9.87. The van der Waals surface area contributed by atoms with E-state index in [-0.39, 0.29) is 24.0 Å². The van der Waals surface area contributed by atoms with Gasteiger partial charge < -0.3 is 15.1 Å². The summed E-state index contributed by atoms with van der Waals surface area (Å²) in [6, 6.07) is 0.929. The first kappa shape index (κ1) is 20.3. The Morgan fingerprint density at radius 2 is 1.83 bits per heavy atom. The lowest BCUT2D eigenvalue weighted by Gasteiger charge is -2.25. The van der Waals surface area contributed by atoms with E-state index in [1.54, 1.807) is 0 Å². The molecule has 3 rings (SSSR count). The highest BCUT2D eigenvalue weighted by atomic mass is 127. The minimum atomic E-state index is 0. The second-order valence-corrected chi connectivity index (χ2v) is 7.88. The Balaban J connectivity index is 0.00000208. The number of hydrogen-bond donors (Lipinski definition) is 1. The molecule has 24 heavy (non-hydrogen) atoms. The molecule has 1 saturated carbocycles. The molecule has 2 aliphatic heterocycles. The maximum absolute atomic E-state index is 4.56. The lowest BCUT2D eigenvalue weighted by Crippen LogP contribution is -2.42. The van der Waals surface area contributed by atoms with Crippen molar-refractivity contribution in [3.8, 4) is 0 Å². The van der Waals surface area contributed by atoms with Crippen LogP contribution in [0.4, 0.5) is 0 Å². The summed E-state index contributed by atoms with van der Waals surface area (Å²) in [5.41, 5.74) is 0. The van der Waals surface area contributed by atoms with Gasteiger partial charge in [0.1, 0.15) is 0 Å². The predicted octanol–water partition coefficient (Wildman–Crippen LogP) is 3.42. The van der Waals surface area contributed by atoms with Crippen molar-refractivity contribution < 1.29 is 0 Å². The van der Waals surface area contributed by atoms with E-state index in [0.717, 1.165) is 36.3 Å². The van der Waals surface area contributed by atoms with Gasteiger partial charge in [0.2, 0.25) is 0 Å². The highest BCUT2D eigenvalue weighted by Gasteiger charge is 2.34. The molecule has 140 valence electrons. The molecule has 2 heterocycles. The zero-order valence-electron chi connectivity index (χ0n) is 15.8. The Hall–Kier alpha value is -0.0400. The van der Waals surface area contributed by atoms with Crippen molar-refractivity contribution in [1.29, 1.82) is 0 Å². The molecule has 0 bridgehead atoms. The van der Waals surface area contributed by atoms with Gasteiger partial charge in [0.15, 0.2) is 5.96 Å². The molecule has 0 aromatic rings. The second kappa shape index (κ2) is 9.60. The van der Waals surface area contributed by atoms with Gasteiger partial charge in [0.05, 0.1) is 0 Å². The summed E-state index contributed by atoms with van der Waals surface area (Å²) < 4.78 is 0. The largest absolute Gasteiger partial charge is 0.356 e. The van der Waals surface area contributed by atoms with Crippen LogP contribution < -0.4 is 5.32 Å². The third-order valence-electron chi connectivity index (χ3n) is 6.38. The lowest BCUT2D eigenvalue weighted by molar-refractivity contribution is 0.311. The van der Waals surface area contributed by atoms with Crippen molar-refractivity contribution in [2.75, 3.05) is 39.8 Å². The van der Waals surface area contributed by atoms with E-state index in [9.17, 15) is 0 Å². The molecule has 0 radical (unpaired) electrons. The first-order valence-corrected chi connectivity index (χ1v) is 9.94. The summed E-state index contributed by atoms with van der Waals surface area (Å²) in [4.78, 5) is 9.76. The third-order valence-corrected chi connectivity index (χ3v) is 6.38. The molecular formula is C19H37IN4. The number of nitrogens with zero attached hydrogens (tertiary/aromatic N) is 3. The molecule has 0 amide bonds. The van der Waals surface area contributed by atoms with Crippen LogP contribution in [0.25, 0.3) is 0 Å². The van der Waals surface area contributed by atoms with Gasteiger partial charge in [-0.1, -0.05) is 26.7 Å². The van der Waals surface area contributed by atoms with Crippen LogP contribution in [0.15, 0.2) is 4.99 Å². The Morgan fingerprint density at radius 1 is 1.08 bits per heavy atom. The predicted molar refractivity (Wildman–Crippen MR) is 113 cm³/mol. The van der Waals surface area contributed by atoms with Crippen LogP contribution >= 0.6 is 24.0 Å². The summed E-state index contributed by atoms with van der Waals surface area (Å²) in [5.74, 6) is 3.70. The summed E-state index contributed by atoms with van der Waals surface area (Å²) in [5, 5.41) is 3.68. The molecule has 3 fully saturated rings. The SMILES string of the molecule is CCC(CC)C1CCN(C(=NC)NCC2CCN(C3CC3)C2)C1.I. The highest BCUT2D eigenvalue weighted by molar-refractivity contribution is 14.0. The van der Waals surface area contributed by atoms with Crippen molar-refractivity contribution in [2.24, 2.45) is 22.7 Å². The van der Waals surface area contributed by atoms with Gasteiger partial charge >= 0.3 is 0 Å². The van der Waals surface area contributed by atoms with E-state index in [2.05, 4.69) is 34.0 Å². The normalized spacial score (nSPS) is 28.5. The monoisotopic (exact) mass is 448 g/mol. The minimum Gasteiger partial charge on any atom is -0.356 e. The van der Waals surface area contributed by atoms with Crippen LogP contribution in [0.1, 0.15) is 52.4 Å². The molecule has 2 unspecified atom stereocenters. The van der Waals surface area contributed by atoms with E-state index in [1.807, 2.05) is 7.05 Å². The third kappa shape index (κ3) is 4.99. The van der Waals surface area contributed by atoms with Crippen molar-refractivity contribution in [3.63, 3.8) is 0 Å². The summed E-state index contributed by atoms with van der Waals surface area (Å²) in [6.07, 6.45) is 8.21. The highest BCUT2D eigenvalue weighted by Crippen LogP contribution is 2.32. The zero-order chi connectivity index (χ0) is 16.2. The number of likely N-dealkylation sites (tertiary alicyclic amines) is 2. The standard InChI is InChI=1S/C19H36N4.HI/c1-4-16(5-2)17-9-11-23(14-17)19(20-3)21-12-15-8-10-22(13-15)18-6-7-18;/h15-18H,4-14H2,1-3H3,(H,20,21);1H. The topological polar surface area (TPSA) is 30.9 Å². The molecular weight excluding hydrogens is 411 g/mol. The molecule has 1 aliphatic carbocycles. The van der Waals surface area contributed by atoms with Crippen LogP contribution in [0.2, 0.25) is 0 Å². The number of rotatable bonds is 6. The Morgan fingerprint density at radius 3 is 2.46 bits per heavy atom. The number of aliphatic imine (C=N–C) groups is 1. The van der Waals surface area contributed by atoms with Crippen LogP contribution in [0.3, 0.4) is 0 Å². The molecule has 2 atom stereocenters. The van der Waals surface area contributed by atoms with Gasteiger partial charge in [-0.2, -0.15) is 0 Å². The summed E-state index contributed by atoms with van der Waals surface area (Å²) in [6.45, 7) is 10.8. The summed E-state index contributed by atoms with van der Waals surface area (Å²) >= 11 is 0. The molecule has 0 spiro atoms. The summed E-state index contributed by atoms with van der Waals surface area (Å²) in [7, 11) is 1.94. The number of hydrogen-bond acceptors (Lipinski definition) is 2. The van der Waals surface area contributed by atoms with Crippen molar-refractivity contribution in [3.05, 3.63) is 0 Å². The fourth-order valence-electron chi connectivity index (χ4n) is 4.69. The fourth-order valence-corrected chi connectivity index (χ4v) is 4.69. The van der Waals surface area contributed by atoms with Gasteiger partial charge in [-0.25, -0.2) is 0 Å². The van der Waals surface area contributed by atoms with Crippen LogP contribution in [0.5, 0.6) is 0 Å². The molecule has 0 aromatic carbocycles. The van der Waals surface area contributed by atoms with E-state index in [1.165, 1.54) is 64.7 Å². The van der Waals surface area contributed by atoms with Crippen molar-refractivity contribution in [1.82, 2.24) is 15.1 Å². The molecule has 4 nitrogen and oxygen atoms in total. The van der Waals surface area contributed by atoms with Gasteiger partial charge in [0.25, 0.3) is 0 Å². The van der Waals surface area contributed by atoms with E-state index in [0.29, 0.717) is 0 Å². The van der Waals surface area contributed by atoms with Gasteiger partial charge in [0, 0.05) is 39.3 Å². The van der Waals surface area contributed by atoms with Crippen LogP contribution in [-0.2, 0) is 0 Å². The minimum absolute atomic E-state index is 0. The van der Waals surface area contributed by atoms with Gasteiger partial charge in [-0.05, 0) is 50.0 Å². The fraction of sp³-hybridized carbons (Fsp3) is 0.947. The molecule has 5 heteroatoms. The molecule has 0 aromatic heterocycles. The smallest absolute Gasteiger partial charge is 0.193 e. The average Bonchev–Trinajstić information content (AvgIpc) is 3.12. The van der Waals surface area contributed by atoms with E-state index < -0.39 is 0 Å². The zero-order valence-corrected chi connectivity index (χ0v) is 18.2. The Bertz CT molecular complexity index is 406. The van der Waals surface area contributed by atoms with E-state index >= 15 is 0 Å². The Kier molecular flexibility index (Phi) is 8.11. The van der Waals surface area contributed by atoms with Crippen LogP contribution in [0, 0.1) is 17.8 Å². The van der Waals surface area contributed by atoms with Gasteiger partial charge in [-0.3, -0.25) is 4.99 Å². The first-order valence-electron chi connectivity index (χ1n) is 9.94.